The average molecular weight is 395 g/mol. The summed E-state index contributed by atoms with van der Waals surface area (Å²) in [6, 6.07) is 11.4. The molecule has 2 aliphatic rings. The van der Waals surface area contributed by atoms with Gasteiger partial charge in [-0.15, -0.1) is 0 Å². The second-order valence-corrected chi connectivity index (χ2v) is 8.47. The van der Waals surface area contributed by atoms with Crippen molar-refractivity contribution in [2.24, 2.45) is 11.8 Å². The molecule has 29 heavy (non-hydrogen) atoms. The summed E-state index contributed by atoms with van der Waals surface area (Å²) >= 11 is 0. The minimum absolute atomic E-state index is 0.0100. The van der Waals surface area contributed by atoms with Gasteiger partial charge in [0.2, 0.25) is 0 Å². The van der Waals surface area contributed by atoms with Crippen molar-refractivity contribution < 1.29 is 13.5 Å². The molecule has 0 spiro atoms. The minimum Gasteiger partial charge on any atom is -0.378 e. The molecule has 0 bridgehead atoms. The number of benzene rings is 2. The molecule has 0 radical (unpaired) electrons. The maximum Gasteiger partial charge on any atom is 0.134 e. The molecule has 2 aromatic rings. The van der Waals surface area contributed by atoms with Crippen LogP contribution in [0.2, 0.25) is 0 Å². The lowest BCUT2D eigenvalue weighted by atomic mass is 9.65. The molecule has 2 nitrogen and oxygen atoms in total. The standard InChI is InChI=1S/C25H27F2NO/c1-2-29-22-10-9-18-11-19(7-8-20(18)12-22)21-13-23(26)25(24(27)14-21)17-5-3-16(15-28)4-6-17/h3-6,13-14,18-20,22H,2,7-12H2,1H3. The number of hydrogen-bond acceptors (Lipinski definition) is 2. The lowest BCUT2D eigenvalue weighted by Crippen LogP contribution is -2.33. The van der Waals surface area contributed by atoms with Gasteiger partial charge < -0.3 is 4.74 Å². The lowest BCUT2D eigenvalue weighted by Gasteiger charge is -2.42. The smallest absolute Gasteiger partial charge is 0.134 e. The van der Waals surface area contributed by atoms with E-state index in [9.17, 15) is 8.78 Å². The summed E-state index contributed by atoms with van der Waals surface area (Å²) in [7, 11) is 0. The van der Waals surface area contributed by atoms with Crippen molar-refractivity contribution in [1.82, 2.24) is 0 Å². The van der Waals surface area contributed by atoms with Crippen LogP contribution in [0, 0.1) is 34.8 Å². The summed E-state index contributed by atoms with van der Waals surface area (Å²) in [5.41, 5.74) is 1.71. The Labute approximate surface area is 171 Å². The van der Waals surface area contributed by atoms with Crippen LogP contribution in [0.4, 0.5) is 8.78 Å². The molecule has 4 unspecified atom stereocenters. The van der Waals surface area contributed by atoms with E-state index in [0.29, 0.717) is 29.1 Å². The fourth-order valence-corrected chi connectivity index (χ4v) is 5.35. The van der Waals surface area contributed by atoms with E-state index in [2.05, 4.69) is 0 Å². The van der Waals surface area contributed by atoms with Crippen molar-refractivity contribution in [3.63, 3.8) is 0 Å². The molecule has 0 saturated heterocycles. The van der Waals surface area contributed by atoms with Crippen LogP contribution in [-0.4, -0.2) is 12.7 Å². The number of nitriles is 1. The Morgan fingerprint density at radius 1 is 0.966 bits per heavy atom. The first-order valence-corrected chi connectivity index (χ1v) is 10.7. The number of ether oxygens (including phenoxy) is 1. The minimum atomic E-state index is -0.521. The van der Waals surface area contributed by atoms with Gasteiger partial charge in [-0.1, -0.05) is 12.1 Å². The van der Waals surface area contributed by atoms with Crippen molar-refractivity contribution >= 4 is 0 Å². The van der Waals surface area contributed by atoms with Crippen LogP contribution in [-0.2, 0) is 4.74 Å². The predicted octanol–water partition coefficient (Wildman–Crippen LogP) is 6.59. The molecule has 0 aromatic heterocycles. The Morgan fingerprint density at radius 3 is 2.28 bits per heavy atom. The highest BCUT2D eigenvalue weighted by Crippen LogP contribution is 2.47. The largest absolute Gasteiger partial charge is 0.378 e. The molecule has 0 aliphatic heterocycles. The first-order chi connectivity index (χ1) is 14.1. The van der Waals surface area contributed by atoms with Crippen LogP contribution in [0.25, 0.3) is 11.1 Å². The normalized spacial score (nSPS) is 26.6. The molecule has 4 rings (SSSR count). The van der Waals surface area contributed by atoms with E-state index in [4.69, 9.17) is 10.00 Å². The monoisotopic (exact) mass is 395 g/mol. The van der Waals surface area contributed by atoms with Crippen LogP contribution in [0.5, 0.6) is 0 Å². The first-order valence-electron chi connectivity index (χ1n) is 10.7. The highest BCUT2D eigenvalue weighted by Gasteiger charge is 2.36. The molecule has 152 valence electrons. The van der Waals surface area contributed by atoms with Crippen molar-refractivity contribution in [2.75, 3.05) is 6.61 Å². The zero-order chi connectivity index (χ0) is 20.4. The van der Waals surface area contributed by atoms with Gasteiger partial charge in [0.1, 0.15) is 11.6 Å². The van der Waals surface area contributed by atoms with E-state index in [0.717, 1.165) is 50.7 Å². The predicted molar refractivity (Wildman–Crippen MR) is 109 cm³/mol. The molecule has 4 atom stereocenters. The van der Waals surface area contributed by atoms with E-state index < -0.39 is 11.6 Å². The zero-order valence-electron chi connectivity index (χ0n) is 16.8. The van der Waals surface area contributed by atoms with Gasteiger partial charge in [0, 0.05) is 6.61 Å². The maximum absolute atomic E-state index is 14.9. The average Bonchev–Trinajstić information content (AvgIpc) is 2.73. The van der Waals surface area contributed by atoms with Crippen LogP contribution in [0.15, 0.2) is 36.4 Å². The molecule has 2 saturated carbocycles. The van der Waals surface area contributed by atoms with Gasteiger partial charge in [-0.05, 0) is 98.6 Å². The summed E-state index contributed by atoms with van der Waals surface area (Å²) < 4.78 is 35.6. The Hall–Kier alpha value is -2.25. The third kappa shape index (κ3) is 4.21. The zero-order valence-corrected chi connectivity index (χ0v) is 16.8. The van der Waals surface area contributed by atoms with Crippen molar-refractivity contribution in [3.8, 4) is 17.2 Å². The van der Waals surface area contributed by atoms with E-state index in [1.165, 1.54) is 12.1 Å². The van der Waals surface area contributed by atoms with Gasteiger partial charge >= 0.3 is 0 Å². The van der Waals surface area contributed by atoms with E-state index in [1.54, 1.807) is 24.3 Å². The fourth-order valence-electron chi connectivity index (χ4n) is 5.35. The van der Waals surface area contributed by atoms with Gasteiger partial charge in [0.05, 0.1) is 23.3 Å². The van der Waals surface area contributed by atoms with Gasteiger partial charge in [0.15, 0.2) is 0 Å². The van der Waals surface area contributed by atoms with Gasteiger partial charge in [-0.25, -0.2) is 8.78 Å². The molecular formula is C25H27F2NO. The SMILES string of the molecule is CCOC1CCC2CC(c3cc(F)c(-c4ccc(C#N)cc4)c(F)c3)CCC2C1. The van der Waals surface area contributed by atoms with Crippen LogP contribution in [0.3, 0.4) is 0 Å². The Kier molecular flexibility index (Phi) is 5.96. The third-order valence-corrected chi connectivity index (χ3v) is 6.81. The molecule has 0 amide bonds. The second kappa shape index (κ2) is 8.63. The summed E-state index contributed by atoms with van der Waals surface area (Å²) in [6.07, 6.45) is 6.88. The van der Waals surface area contributed by atoms with Crippen molar-refractivity contribution in [3.05, 3.63) is 59.2 Å². The quantitative estimate of drug-likeness (QED) is 0.585. The fraction of sp³-hybridized carbons (Fsp3) is 0.480. The third-order valence-electron chi connectivity index (χ3n) is 6.81. The van der Waals surface area contributed by atoms with Gasteiger partial charge in [0.25, 0.3) is 0 Å². The molecule has 2 aliphatic carbocycles. The van der Waals surface area contributed by atoms with Crippen molar-refractivity contribution in [1.29, 1.82) is 5.26 Å². The molecule has 2 aromatic carbocycles. The maximum atomic E-state index is 14.9. The van der Waals surface area contributed by atoms with Gasteiger partial charge in [-0.2, -0.15) is 5.26 Å². The Morgan fingerprint density at radius 2 is 1.62 bits per heavy atom. The number of hydrogen-bond donors (Lipinski definition) is 0. The molecule has 2 fully saturated rings. The highest BCUT2D eigenvalue weighted by molar-refractivity contribution is 5.66. The van der Waals surface area contributed by atoms with E-state index in [-0.39, 0.29) is 11.5 Å². The van der Waals surface area contributed by atoms with E-state index in [1.807, 2.05) is 13.0 Å². The van der Waals surface area contributed by atoms with Crippen molar-refractivity contribution in [2.45, 2.75) is 57.5 Å². The second-order valence-electron chi connectivity index (χ2n) is 8.47. The number of rotatable bonds is 4. The number of nitrogens with zero attached hydrogens (tertiary/aromatic N) is 1. The van der Waals surface area contributed by atoms with E-state index >= 15 is 0 Å². The lowest BCUT2D eigenvalue weighted by molar-refractivity contribution is -0.00957. The molecule has 0 N–H and O–H groups in total. The number of fused-ring (bicyclic) bond motifs is 1. The Balaban J connectivity index is 1.51. The van der Waals surface area contributed by atoms with Crippen LogP contribution in [0.1, 0.15) is 62.5 Å². The molecule has 0 heterocycles. The number of halogens is 2. The summed E-state index contributed by atoms with van der Waals surface area (Å²) in [6.45, 7) is 2.82. The highest BCUT2D eigenvalue weighted by atomic mass is 19.1. The summed E-state index contributed by atoms with van der Waals surface area (Å²) in [5.74, 6) is 0.497. The topological polar surface area (TPSA) is 33.0 Å². The van der Waals surface area contributed by atoms with Crippen LogP contribution < -0.4 is 0 Å². The Bertz CT molecular complexity index is 879. The van der Waals surface area contributed by atoms with Crippen LogP contribution >= 0.6 is 0 Å². The summed E-state index contributed by atoms with van der Waals surface area (Å²) in [5, 5.41) is 8.91. The van der Waals surface area contributed by atoms with Gasteiger partial charge in [-0.3, -0.25) is 0 Å². The first kappa shape index (κ1) is 20.0. The summed E-state index contributed by atoms with van der Waals surface area (Å²) in [4.78, 5) is 0. The molecular weight excluding hydrogens is 368 g/mol. The molecule has 4 heteroatoms.